The molecule has 0 radical (unpaired) electrons. The maximum Gasteiger partial charge on any atom is 0.252 e. The first-order chi connectivity index (χ1) is 11.3. The van der Waals surface area contributed by atoms with E-state index in [4.69, 9.17) is 0 Å². The zero-order chi connectivity index (χ0) is 15.9. The molecule has 2 atom stereocenters. The third-order valence-corrected chi connectivity index (χ3v) is 4.27. The molecule has 0 bridgehead atoms. The summed E-state index contributed by atoms with van der Waals surface area (Å²) in [7, 11) is 0. The molecule has 1 amide bonds. The molecule has 4 nitrogen and oxygen atoms in total. The van der Waals surface area contributed by atoms with Crippen LogP contribution in [0.5, 0.6) is 0 Å². The minimum atomic E-state index is -0.0434. The molecule has 3 N–H and O–H groups in total. The Morgan fingerprint density at radius 3 is 2.48 bits per heavy atom. The molecule has 0 spiro atoms. The van der Waals surface area contributed by atoms with Crippen molar-refractivity contribution in [3.63, 3.8) is 0 Å². The Balaban J connectivity index is 1.55. The van der Waals surface area contributed by atoms with Gasteiger partial charge in [0.05, 0.1) is 6.67 Å². The van der Waals surface area contributed by atoms with Gasteiger partial charge in [-0.05, 0) is 37.1 Å². The number of hydrogen-bond donors (Lipinski definition) is 3. The summed E-state index contributed by atoms with van der Waals surface area (Å²) in [4.78, 5) is 12.1. The van der Waals surface area contributed by atoms with Crippen LogP contribution in [-0.2, 0) is 0 Å². The Morgan fingerprint density at radius 2 is 1.74 bits per heavy atom. The van der Waals surface area contributed by atoms with Crippen LogP contribution in [0.15, 0.2) is 60.7 Å². The zero-order valence-electron chi connectivity index (χ0n) is 13.2. The van der Waals surface area contributed by atoms with E-state index in [1.807, 2.05) is 36.4 Å². The first kappa shape index (κ1) is 15.7. The second-order valence-corrected chi connectivity index (χ2v) is 5.84. The molecular weight excluding hydrogens is 286 g/mol. The van der Waals surface area contributed by atoms with Crippen molar-refractivity contribution >= 4 is 5.91 Å². The Labute approximate surface area is 137 Å². The lowest BCUT2D eigenvalue weighted by Crippen LogP contribution is -2.49. The minimum Gasteiger partial charge on any atom is -0.339 e. The van der Waals surface area contributed by atoms with Gasteiger partial charge in [-0.2, -0.15) is 0 Å². The number of rotatable bonds is 5. The van der Waals surface area contributed by atoms with Gasteiger partial charge >= 0.3 is 0 Å². The van der Waals surface area contributed by atoms with Crippen molar-refractivity contribution < 1.29 is 4.79 Å². The van der Waals surface area contributed by atoms with Crippen molar-refractivity contribution in [1.29, 1.82) is 0 Å². The summed E-state index contributed by atoms with van der Waals surface area (Å²) in [6.45, 7) is 1.51. The molecule has 0 aliphatic carbocycles. The van der Waals surface area contributed by atoms with Gasteiger partial charge in [-0.15, -0.1) is 0 Å². The van der Waals surface area contributed by atoms with Crippen molar-refractivity contribution in [3.8, 4) is 0 Å². The lowest BCUT2D eigenvalue weighted by Gasteiger charge is -2.33. The van der Waals surface area contributed by atoms with Crippen LogP contribution in [0.25, 0.3) is 0 Å². The highest BCUT2D eigenvalue weighted by molar-refractivity contribution is 5.94. The fraction of sp³-hybridized carbons (Fsp3) is 0.316. The molecule has 0 unspecified atom stereocenters. The average Bonchev–Trinajstić information content (AvgIpc) is 2.63. The van der Waals surface area contributed by atoms with E-state index < -0.39 is 0 Å². The Bertz CT molecular complexity index is 615. The highest BCUT2D eigenvalue weighted by Gasteiger charge is 2.25. The summed E-state index contributed by atoms with van der Waals surface area (Å²) in [6.07, 6.45) is 2.25. The van der Waals surface area contributed by atoms with Gasteiger partial charge in [0.1, 0.15) is 0 Å². The monoisotopic (exact) mass is 309 g/mol. The summed E-state index contributed by atoms with van der Waals surface area (Å²) in [5, 5.41) is 10.00. The van der Waals surface area contributed by atoms with Crippen LogP contribution in [0.1, 0.15) is 34.8 Å². The maximum atomic E-state index is 12.1. The third kappa shape index (κ3) is 4.18. The molecule has 1 aliphatic heterocycles. The second kappa shape index (κ2) is 7.90. The molecule has 1 fully saturated rings. The predicted octanol–water partition coefficient (Wildman–Crippen LogP) is 2.46. The number of benzene rings is 2. The summed E-state index contributed by atoms with van der Waals surface area (Å²) >= 11 is 0. The number of hydrogen-bond acceptors (Lipinski definition) is 3. The highest BCUT2D eigenvalue weighted by Crippen LogP contribution is 2.23. The van der Waals surface area contributed by atoms with Crippen LogP contribution in [0.4, 0.5) is 0 Å². The van der Waals surface area contributed by atoms with Crippen molar-refractivity contribution in [1.82, 2.24) is 16.0 Å². The predicted molar refractivity (Wildman–Crippen MR) is 92.1 cm³/mol. The first-order valence-corrected chi connectivity index (χ1v) is 8.19. The molecular formula is C19H23N3O. The quantitative estimate of drug-likeness (QED) is 0.744. The number of piperidine rings is 1. The van der Waals surface area contributed by atoms with E-state index in [-0.39, 0.29) is 5.91 Å². The van der Waals surface area contributed by atoms with Gasteiger partial charge in [0, 0.05) is 17.6 Å². The SMILES string of the molecule is O=C(NCN[C@H]1CCCN[C@H]1c1ccccc1)c1ccccc1. The van der Waals surface area contributed by atoms with Crippen LogP contribution in [0.3, 0.4) is 0 Å². The van der Waals surface area contributed by atoms with Crippen molar-refractivity contribution in [3.05, 3.63) is 71.8 Å². The summed E-state index contributed by atoms with van der Waals surface area (Å²) in [6, 6.07) is 20.4. The highest BCUT2D eigenvalue weighted by atomic mass is 16.1. The van der Waals surface area contributed by atoms with E-state index in [9.17, 15) is 4.79 Å². The average molecular weight is 309 g/mol. The molecule has 4 heteroatoms. The maximum absolute atomic E-state index is 12.1. The molecule has 0 saturated carbocycles. The third-order valence-electron chi connectivity index (χ3n) is 4.27. The molecule has 1 saturated heterocycles. The summed E-state index contributed by atoms with van der Waals surface area (Å²) in [5.74, 6) is -0.0434. The molecule has 1 heterocycles. The molecule has 0 aromatic heterocycles. The topological polar surface area (TPSA) is 53.2 Å². The number of amides is 1. The second-order valence-electron chi connectivity index (χ2n) is 5.84. The van der Waals surface area contributed by atoms with Gasteiger partial charge in [-0.25, -0.2) is 0 Å². The minimum absolute atomic E-state index is 0.0434. The lowest BCUT2D eigenvalue weighted by molar-refractivity contribution is 0.0947. The van der Waals surface area contributed by atoms with Gasteiger partial charge < -0.3 is 10.6 Å². The van der Waals surface area contributed by atoms with E-state index in [0.29, 0.717) is 24.3 Å². The molecule has 2 aromatic rings. The summed E-state index contributed by atoms with van der Waals surface area (Å²) in [5.41, 5.74) is 1.98. The van der Waals surface area contributed by atoms with Crippen molar-refractivity contribution in [2.24, 2.45) is 0 Å². The van der Waals surface area contributed by atoms with Gasteiger partial charge in [0.2, 0.25) is 0 Å². The number of carbonyl (C=O) groups excluding carboxylic acids is 1. The van der Waals surface area contributed by atoms with Crippen LogP contribution in [0, 0.1) is 0 Å². The zero-order valence-corrected chi connectivity index (χ0v) is 13.2. The van der Waals surface area contributed by atoms with Crippen molar-refractivity contribution in [2.75, 3.05) is 13.2 Å². The number of carbonyl (C=O) groups is 1. The Hall–Kier alpha value is -2.17. The van der Waals surface area contributed by atoms with Gasteiger partial charge in [-0.1, -0.05) is 48.5 Å². The van der Waals surface area contributed by atoms with E-state index >= 15 is 0 Å². The van der Waals surface area contributed by atoms with E-state index in [1.165, 1.54) is 5.56 Å². The Kier molecular flexibility index (Phi) is 5.40. The molecule has 3 rings (SSSR count). The van der Waals surface area contributed by atoms with Crippen LogP contribution in [-0.4, -0.2) is 25.2 Å². The van der Waals surface area contributed by atoms with E-state index in [0.717, 1.165) is 19.4 Å². The first-order valence-electron chi connectivity index (χ1n) is 8.19. The summed E-state index contributed by atoms with van der Waals surface area (Å²) < 4.78 is 0. The van der Waals surface area contributed by atoms with E-state index in [1.54, 1.807) is 0 Å². The van der Waals surface area contributed by atoms with Crippen molar-refractivity contribution in [2.45, 2.75) is 24.9 Å². The van der Waals surface area contributed by atoms with Gasteiger partial charge in [0.25, 0.3) is 5.91 Å². The smallest absolute Gasteiger partial charge is 0.252 e. The normalized spacial score (nSPS) is 20.9. The number of nitrogens with one attached hydrogen (secondary N) is 3. The largest absolute Gasteiger partial charge is 0.339 e. The van der Waals surface area contributed by atoms with Crippen LogP contribution in [0.2, 0.25) is 0 Å². The van der Waals surface area contributed by atoms with E-state index in [2.05, 4.69) is 40.2 Å². The molecule has 120 valence electrons. The van der Waals surface area contributed by atoms with Crippen LogP contribution < -0.4 is 16.0 Å². The van der Waals surface area contributed by atoms with Gasteiger partial charge in [0.15, 0.2) is 0 Å². The fourth-order valence-corrected chi connectivity index (χ4v) is 3.07. The lowest BCUT2D eigenvalue weighted by atomic mass is 9.92. The van der Waals surface area contributed by atoms with Gasteiger partial charge in [-0.3, -0.25) is 10.1 Å². The van der Waals surface area contributed by atoms with Crippen LogP contribution >= 0.6 is 0 Å². The molecule has 23 heavy (non-hydrogen) atoms. The molecule has 2 aromatic carbocycles. The standard InChI is InChI=1S/C19H23N3O/c23-19(16-10-5-2-6-11-16)22-14-21-17-12-7-13-20-18(17)15-8-3-1-4-9-15/h1-6,8-11,17-18,20-21H,7,12-14H2,(H,22,23)/t17-,18-/m0/s1. The Morgan fingerprint density at radius 1 is 1.04 bits per heavy atom. The molecule has 1 aliphatic rings. The fourth-order valence-electron chi connectivity index (χ4n) is 3.07.